The number of benzene rings is 3. The summed E-state index contributed by atoms with van der Waals surface area (Å²) >= 11 is 0. The molecule has 2 N–H and O–H groups in total. The normalized spacial score (nSPS) is 11.8. The van der Waals surface area contributed by atoms with Crippen molar-refractivity contribution in [2.45, 2.75) is 6.92 Å². The van der Waals surface area contributed by atoms with Crippen LogP contribution in [0.3, 0.4) is 0 Å². The van der Waals surface area contributed by atoms with E-state index in [0.717, 1.165) is 23.1 Å². The number of hydrogen-bond donors (Lipinski definition) is 2. The molecule has 0 unspecified atom stereocenters. The lowest BCUT2D eigenvalue weighted by Gasteiger charge is -2.10. The van der Waals surface area contributed by atoms with Crippen molar-refractivity contribution >= 4 is 38.2 Å². The van der Waals surface area contributed by atoms with Crippen molar-refractivity contribution in [2.24, 2.45) is 5.10 Å². The van der Waals surface area contributed by atoms with Gasteiger partial charge >= 0.3 is 0 Å². The van der Waals surface area contributed by atoms with E-state index in [-0.39, 0.29) is 5.91 Å². The molecule has 0 bridgehead atoms. The fourth-order valence-corrected chi connectivity index (χ4v) is 4.09. The van der Waals surface area contributed by atoms with Crippen LogP contribution in [0.1, 0.15) is 22.8 Å². The van der Waals surface area contributed by atoms with Crippen molar-refractivity contribution in [3.8, 4) is 17.0 Å². The summed E-state index contributed by atoms with van der Waals surface area (Å²) in [5.74, 6) is 0.366. The fraction of sp³-hybridized carbons (Fsp3) is 0.115. The van der Waals surface area contributed by atoms with Gasteiger partial charge in [-0.05, 0) is 61.0 Å². The maximum atomic E-state index is 13.1. The summed E-state index contributed by atoms with van der Waals surface area (Å²) in [7, 11) is -1.75. The number of rotatable bonds is 7. The predicted octanol–water partition coefficient (Wildman–Crippen LogP) is 4.44. The van der Waals surface area contributed by atoms with Crippen LogP contribution in [0.15, 0.2) is 84.0 Å². The number of para-hydroxylation sites is 1. The van der Waals surface area contributed by atoms with Crippen molar-refractivity contribution in [2.75, 3.05) is 18.1 Å². The minimum atomic E-state index is -3.36. The van der Waals surface area contributed by atoms with Crippen LogP contribution in [0, 0.1) is 0 Å². The smallest absolute Gasteiger partial charge is 0.272 e. The van der Waals surface area contributed by atoms with Gasteiger partial charge in [-0.2, -0.15) is 5.10 Å². The SMILES string of the molecule is COc1ccc(-c2cc(C(=O)NN=C(C)c3ccc(NS(C)(=O)=O)cc3)c3ccccc3n2)cc1. The second kappa shape index (κ2) is 9.94. The molecular weight excluding hydrogens is 464 g/mol. The van der Waals surface area contributed by atoms with E-state index in [1.165, 1.54) is 0 Å². The van der Waals surface area contributed by atoms with E-state index in [4.69, 9.17) is 9.72 Å². The Morgan fingerprint density at radius 3 is 2.31 bits per heavy atom. The first-order chi connectivity index (χ1) is 16.7. The molecule has 0 radical (unpaired) electrons. The average Bonchev–Trinajstić information content (AvgIpc) is 2.86. The molecule has 0 atom stereocenters. The van der Waals surface area contributed by atoms with E-state index in [2.05, 4.69) is 15.2 Å². The molecule has 0 aliphatic carbocycles. The van der Waals surface area contributed by atoms with Crippen molar-refractivity contribution < 1.29 is 17.9 Å². The van der Waals surface area contributed by atoms with Gasteiger partial charge in [-0.25, -0.2) is 18.8 Å². The van der Waals surface area contributed by atoms with Gasteiger partial charge < -0.3 is 4.74 Å². The number of aromatic nitrogens is 1. The summed E-state index contributed by atoms with van der Waals surface area (Å²) in [6.07, 6.45) is 1.09. The number of amides is 1. The topological polar surface area (TPSA) is 110 Å². The zero-order valence-electron chi connectivity index (χ0n) is 19.4. The molecule has 9 heteroatoms. The zero-order valence-corrected chi connectivity index (χ0v) is 20.3. The summed E-state index contributed by atoms with van der Waals surface area (Å²) in [5.41, 5.74) is 7.04. The number of ether oxygens (including phenoxy) is 1. The van der Waals surface area contributed by atoms with Gasteiger partial charge in [0.25, 0.3) is 5.91 Å². The van der Waals surface area contributed by atoms with Crippen LogP contribution in [-0.2, 0) is 10.0 Å². The number of fused-ring (bicyclic) bond motifs is 1. The number of anilines is 1. The summed E-state index contributed by atoms with van der Waals surface area (Å²) in [6.45, 7) is 1.76. The lowest BCUT2D eigenvalue weighted by molar-refractivity contribution is 0.0956. The molecule has 4 rings (SSSR count). The first kappa shape index (κ1) is 23.9. The first-order valence-corrected chi connectivity index (χ1v) is 12.6. The minimum absolute atomic E-state index is 0.368. The molecule has 0 saturated heterocycles. The van der Waals surface area contributed by atoms with Crippen LogP contribution >= 0.6 is 0 Å². The van der Waals surface area contributed by atoms with Gasteiger partial charge in [0.05, 0.1) is 35.9 Å². The average molecular weight is 489 g/mol. The second-order valence-corrected chi connectivity index (χ2v) is 9.64. The Kier molecular flexibility index (Phi) is 6.79. The number of carbonyl (C=O) groups is 1. The molecule has 0 spiro atoms. The van der Waals surface area contributed by atoms with Crippen LogP contribution in [0.5, 0.6) is 5.75 Å². The van der Waals surface area contributed by atoms with Gasteiger partial charge in [0.15, 0.2) is 0 Å². The molecule has 1 heterocycles. The van der Waals surface area contributed by atoms with E-state index >= 15 is 0 Å². The quantitative estimate of drug-likeness (QED) is 0.295. The van der Waals surface area contributed by atoms with Crippen molar-refractivity contribution in [1.82, 2.24) is 10.4 Å². The second-order valence-electron chi connectivity index (χ2n) is 7.89. The summed E-state index contributed by atoms with van der Waals surface area (Å²) in [5, 5.41) is 4.96. The van der Waals surface area contributed by atoms with Crippen LogP contribution in [-0.4, -0.2) is 38.4 Å². The van der Waals surface area contributed by atoms with Gasteiger partial charge in [0, 0.05) is 16.6 Å². The maximum absolute atomic E-state index is 13.1. The van der Waals surface area contributed by atoms with Gasteiger partial charge in [0.2, 0.25) is 10.0 Å². The number of sulfonamides is 1. The number of nitrogens with zero attached hydrogens (tertiary/aromatic N) is 2. The molecule has 0 fully saturated rings. The molecule has 4 aromatic rings. The Morgan fingerprint density at radius 1 is 0.971 bits per heavy atom. The largest absolute Gasteiger partial charge is 0.497 e. The van der Waals surface area contributed by atoms with Crippen LogP contribution in [0.4, 0.5) is 5.69 Å². The first-order valence-electron chi connectivity index (χ1n) is 10.7. The number of methoxy groups -OCH3 is 1. The number of hydrazone groups is 1. The fourth-order valence-electron chi connectivity index (χ4n) is 3.53. The van der Waals surface area contributed by atoms with Gasteiger partial charge in [-0.1, -0.05) is 30.3 Å². The Hall–Kier alpha value is -4.24. The Balaban J connectivity index is 1.61. The lowest BCUT2D eigenvalue weighted by atomic mass is 10.0. The molecule has 0 saturated carbocycles. The standard InChI is InChI=1S/C26H24N4O4S/c1-17(18-8-12-20(13-9-18)30-35(3,32)33)28-29-26(31)23-16-25(19-10-14-21(34-2)15-11-19)27-24-7-5-4-6-22(23)24/h4-16,30H,1-3H3,(H,29,31). The molecule has 0 aliphatic heterocycles. The van der Waals surface area contributed by atoms with Crippen LogP contribution in [0.25, 0.3) is 22.2 Å². The third kappa shape index (κ3) is 5.82. The van der Waals surface area contributed by atoms with E-state index in [9.17, 15) is 13.2 Å². The lowest BCUT2D eigenvalue weighted by Crippen LogP contribution is -2.20. The Bertz CT molecular complexity index is 1510. The highest BCUT2D eigenvalue weighted by Gasteiger charge is 2.14. The van der Waals surface area contributed by atoms with Crippen LogP contribution < -0.4 is 14.9 Å². The molecule has 35 heavy (non-hydrogen) atoms. The summed E-state index contributed by atoms with van der Waals surface area (Å²) < 4.78 is 30.4. The molecule has 178 valence electrons. The van der Waals surface area contributed by atoms with Crippen molar-refractivity contribution in [3.63, 3.8) is 0 Å². The number of hydrogen-bond acceptors (Lipinski definition) is 6. The Morgan fingerprint density at radius 2 is 1.66 bits per heavy atom. The van der Waals surface area contributed by atoms with Crippen molar-refractivity contribution in [3.05, 3.63) is 90.0 Å². The molecule has 0 aliphatic rings. The molecule has 1 aromatic heterocycles. The Labute approximate surface area is 203 Å². The minimum Gasteiger partial charge on any atom is -0.497 e. The molecule has 8 nitrogen and oxygen atoms in total. The highest BCUT2D eigenvalue weighted by molar-refractivity contribution is 7.92. The van der Waals surface area contributed by atoms with Gasteiger partial charge in [-0.3, -0.25) is 9.52 Å². The summed E-state index contributed by atoms with van der Waals surface area (Å²) in [4.78, 5) is 17.9. The van der Waals surface area contributed by atoms with E-state index in [0.29, 0.717) is 33.6 Å². The van der Waals surface area contributed by atoms with Gasteiger partial charge in [0.1, 0.15) is 5.75 Å². The monoisotopic (exact) mass is 488 g/mol. The van der Waals surface area contributed by atoms with Crippen LogP contribution in [0.2, 0.25) is 0 Å². The number of nitrogens with one attached hydrogen (secondary N) is 2. The predicted molar refractivity (Wildman–Crippen MR) is 138 cm³/mol. The highest BCUT2D eigenvalue weighted by atomic mass is 32.2. The molecule has 3 aromatic carbocycles. The zero-order chi connectivity index (χ0) is 25.0. The van der Waals surface area contributed by atoms with E-state index in [1.54, 1.807) is 44.4 Å². The summed E-state index contributed by atoms with van der Waals surface area (Å²) in [6, 6.07) is 23.4. The number of carbonyl (C=O) groups excluding carboxylic acids is 1. The molecule has 1 amide bonds. The van der Waals surface area contributed by atoms with Gasteiger partial charge in [-0.15, -0.1) is 0 Å². The third-order valence-electron chi connectivity index (χ3n) is 5.28. The van der Waals surface area contributed by atoms with E-state index < -0.39 is 10.0 Å². The third-order valence-corrected chi connectivity index (χ3v) is 5.88. The van der Waals surface area contributed by atoms with Crippen molar-refractivity contribution in [1.29, 1.82) is 0 Å². The molecular formula is C26H24N4O4S. The maximum Gasteiger partial charge on any atom is 0.272 e. The van der Waals surface area contributed by atoms with E-state index in [1.807, 2.05) is 48.5 Å². The number of pyridine rings is 1. The highest BCUT2D eigenvalue weighted by Crippen LogP contribution is 2.26.